The molecule has 1 aromatic rings. The van der Waals surface area contributed by atoms with Gasteiger partial charge in [0.2, 0.25) is 0 Å². The van der Waals surface area contributed by atoms with E-state index in [1.54, 1.807) is 0 Å². The average molecular weight is 300 g/mol. The van der Waals surface area contributed by atoms with E-state index in [0.717, 1.165) is 6.54 Å². The lowest BCUT2D eigenvalue weighted by molar-refractivity contribution is -0.185. The van der Waals surface area contributed by atoms with Crippen LogP contribution in [0.25, 0.3) is 0 Å². The Morgan fingerprint density at radius 1 is 1.24 bits per heavy atom. The third-order valence-corrected chi connectivity index (χ3v) is 4.40. The normalized spacial score (nSPS) is 19.7. The first kappa shape index (κ1) is 16.3. The van der Waals surface area contributed by atoms with Gasteiger partial charge in [-0.05, 0) is 51.0 Å². The van der Waals surface area contributed by atoms with E-state index in [1.165, 1.54) is 11.1 Å². The van der Waals surface area contributed by atoms with Gasteiger partial charge >= 0.3 is 6.18 Å². The fourth-order valence-electron chi connectivity index (χ4n) is 3.02. The van der Waals surface area contributed by atoms with Crippen molar-refractivity contribution in [2.45, 2.75) is 32.0 Å². The zero-order chi connectivity index (χ0) is 15.5. The summed E-state index contributed by atoms with van der Waals surface area (Å²) in [4.78, 5) is 2.13. The van der Waals surface area contributed by atoms with Crippen LogP contribution in [0.3, 0.4) is 0 Å². The van der Waals surface area contributed by atoms with E-state index >= 15 is 0 Å². The van der Waals surface area contributed by atoms with Crippen molar-refractivity contribution < 1.29 is 13.2 Å². The first-order valence-electron chi connectivity index (χ1n) is 7.43. The number of rotatable bonds is 4. The number of halogens is 3. The molecular formula is C16H23F3N2. The molecule has 1 heterocycles. The second-order valence-corrected chi connectivity index (χ2v) is 5.81. The van der Waals surface area contributed by atoms with Crippen molar-refractivity contribution in [1.82, 2.24) is 10.2 Å². The van der Waals surface area contributed by atoms with Crippen molar-refractivity contribution in [2.24, 2.45) is 5.92 Å². The maximum atomic E-state index is 12.7. The fraction of sp³-hybridized carbons (Fsp3) is 0.625. The van der Waals surface area contributed by atoms with Crippen LogP contribution in [0.5, 0.6) is 0 Å². The smallest absolute Gasteiger partial charge is 0.312 e. The second kappa shape index (κ2) is 6.79. The number of alkyl halides is 3. The second-order valence-electron chi connectivity index (χ2n) is 5.81. The van der Waals surface area contributed by atoms with E-state index in [4.69, 9.17) is 0 Å². The third-order valence-electron chi connectivity index (χ3n) is 4.40. The van der Waals surface area contributed by atoms with Gasteiger partial charge in [0, 0.05) is 12.6 Å². The third kappa shape index (κ3) is 4.20. The molecule has 1 saturated heterocycles. The molecule has 0 saturated carbocycles. The van der Waals surface area contributed by atoms with Gasteiger partial charge < -0.3 is 10.2 Å². The summed E-state index contributed by atoms with van der Waals surface area (Å²) in [6.07, 6.45) is -3.61. The molecule has 1 unspecified atom stereocenters. The molecule has 1 aliphatic heterocycles. The molecule has 2 rings (SSSR count). The van der Waals surface area contributed by atoms with Gasteiger partial charge in [-0.2, -0.15) is 13.2 Å². The molecule has 21 heavy (non-hydrogen) atoms. The number of nitrogens with one attached hydrogen (secondary N) is 1. The first-order chi connectivity index (χ1) is 9.91. The number of nitrogens with zero attached hydrogens (tertiary/aromatic N) is 1. The van der Waals surface area contributed by atoms with Crippen molar-refractivity contribution in [1.29, 1.82) is 0 Å². The van der Waals surface area contributed by atoms with E-state index in [1.807, 2.05) is 19.2 Å². The molecule has 0 aliphatic carbocycles. The summed E-state index contributed by atoms with van der Waals surface area (Å²) in [7, 11) is 1.90. The lowest BCUT2D eigenvalue weighted by Gasteiger charge is -2.35. The molecule has 0 amide bonds. The highest BCUT2D eigenvalue weighted by molar-refractivity contribution is 5.29. The predicted molar refractivity (Wildman–Crippen MR) is 78.2 cm³/mol. The average Bonchev–Trinajstić information content (AvgIpc) is 2.45. The molecule has 1 atom stereocenters. The van der Waals surface area contributed by atoms with Crippen molar-refractivity contribution in [3.63, 3.8) is 0 Å². The molecule has 0 bridgehead atoms. The Kier molecular flexibility index (Phi) is 5.27. The Morgan fingerprint density at radius 2 is 1.86 bits per heavy atom. The van der Waals surface area contributed by atoms with Crippen LogP contribution in [0.15, 0.2) is 24.3 Å². The lowest BCUT2D eigenvalue weighted by Crippen LogP contribution is -2.42. The van der Waals surface area contributed by atoms with Crippen molar-refractivity contribution in [3.05, 3.63) is 35.4 Å². The quantitative estimate of drug-likeness (QED) is 0.915. The van der Waals surface area contributed by atoms with Gasteiger partial charge in [-0.1, -0.05) is 24.3 Å². The first-order valence-corrected chi connectivity index (χ1v) is 7.43. The van der Waals surface area contributed by atoms with Crippen LogP contribution < -0.4 is 5.32 Å². The molecule has 1 fully saturated rings. The Labute approximate surface area is 124 Å². The van der Waals surface area contributed by atoms with Crippen molar-refractivity contribution in [3.8, 4) is 0 Å². The topological polar surface area (TPSA) is 15.3 Å². The standard InChI is InChI=1S/C16H23F3N2/c1-12-5-3-4-6-14(12)15(20-2)11-21-9-7-13(8-10-21)16(17,18)19/h3-6,13,15,20H,7-11H2,1-2H3. The molecule has 1 N–H and O–H groups in total. The van der Waals surface area contributed by atoms with Crippen molar-refractivity contribution in [2.75, 3.05) is 26.7 Å². The number of likely N-dealkylation sites (N-methyl/N-ethyl adjacent to an activating group) is 1. The minimum Gasteiger partial charge on any atom is -0.312 e. The summed E-state index contributed by atoms with van der Waals surface area (Å²) in [5.41, 5.74) is 2.43. The van der Waals surface area contributed by atoms with Gasteiger partial charge in [0.25, 0.3) is 0 Å². The molecule has 5 heteroatoms. The molecule has 118 valence electrons. The number of hydrogen-bond donors (Lipinski definition) is 1. The number of aryl methyl sites for hydroxylation is 1. The number of piperidine rings is 1. The van der Waals surface area contributed by atoms with Crippen LogP contribution in [0.1, 0.15) is 30.0 Å². The summed E-state index contributed by atoms with van der Waals surface area (Å²) in [5.74, 6) is -1.12. The summed E-state index contributed by atoms with van der Waals surface area (Å²) in [5, 5.41) is 3.28. The van der Waals surface area contributed by atoms with Gasteiger partial charge in [-0.25, -0.2) is 0 Å². The van der Waals surface area contributed by atoms with E-state index in [2.05, 4.69) is 29.3 Å². The molecule has 0 spiro atoms. The predicted octanol–water partition coefficient (Wildman–Crippen LogP) is 3.53. The van der Waals surface area contributed by atoms with Crippen molar-refractivity contribution >= 4 is 0 Å². The molecule has 1 aliphatic rings. The molecule has 0 aromatic heterocycles. The summed E-state index contributed by atoms with van der Waals surface area (Å²) >= 11 is 0. The van der Waals surface area contributed by atoms with Gasteiger partial charge in [-0.15, -0.1) is 0 Å². The SMILES string of the molecule is CNC(CN1CCC(C(F)(F)F)CC1)c1ccccc1C. The van der Waals surface area contributed by atoms with Crippen LogP contribution in [0, 0.1) is 12.8 Å². The number of hydrogen-bond acceptors (Lipinski definition) is 2. The lowest BCUT2D eigenvalue weighted by atomic mass is 9.95. The molecule has 1 aromatic carbocycles. The molecule has 2 nitrogen and oxygen atoms in total. The minimum atomic E-state index is -4.04. The Morgan fingerprint density at radius 3 is 2.38 bits per heavy atom. The van der Waals surface area contributed by atoms with Gasteiger partial charge in [0.15, 0.2) is 0 Å². The molecule has 0 radical (unpaired) electrons. The summed E-state index contributed by atoms with van der Waals surface area (Å²) in [6, 6.07) is 8.31. The van der Waals surface area contributed by atoms with Crippen LogP contribution >= 0.6 is 0 Å². The highest BCUT2D eigenvalue weighted by Crippen LogP contribution is 2.34. The number of likely N-dealkylation sites (tertiary alicyclic amines) is 1. The maximum absolute atomic E-state index is 12.7. The Bertz CT molecular complexity index is 451. The number of benzene rings is 1. The van der Waals surface area contributed by atoms with Crippen LogP contribution in [0.4, 0.5) is 13.2 Å². The zero-order valence-electron chi connectivity index (χ0n) is 12.6. The Balaban J connectivity index is 1.94. The highest BCUT2D eigenvalue weighted by Gasteiger charge is 2.41. The fourth-order valence-corrected chi connectivity index (χ4v) is 3.02. The summed E-state index contributed by atoms with van der Waals surface area (Å²) < 4.78 is 38.1. The van der Waals surface area contributed by atoms with E-state index in [-0.39, 0.29) is 18.9 Å². The largest absolute Gasteiger partial charge is 0.391 e. The molecular weight excluding hydrogens is 277 g/mol. The summed E-state index contributed by atoms with van der Waals surface area (Å²) in [6.45, 7) is 3.87. The highest BCUT2D eigenvalue weighted by atomic mass is 19.4. The van der Waals surface area contributed by atoms with Gasteiger partial charge in [0.1, 0.15) is 0 Å². The van der Waals surface area contributed by atoms with Gasteiger partial charge in [-0.3, -0.25) is 0 Å². The van der Waals surface area contributed by atoms with E-state index < -0.39 is 12.1 Å². The van der Waals surface area contributed by atoms with E-state index in [9.17, 15) is 13.2 Å². The van der Waals surface area contributed by atoms with Gasteiger partial charge in [0.05, 0.1) is 5.92 Å². The van der Waals surface area contributed by atoms with Crippen LogP contribution in [-0.4, -0.2) is 37.8 Å². The Hall–Kier alpha value is -1.07. The van der Waals surface area contributed by atoms with Crippen LogP contribution in [0.2, 0.25) is 0 Å². The monoisotopic (exact) mass is 300 g/mol. The van der Waals surface area contributed by atoms with E-state index in [0.29, 0.717) is 13.1 Å². The maximum Gasteiger partial charge on any atom is 0.391 e. The minimum absolute atomic E-state index is 0.161. The van der Waals surface area contributed by atoms with Crippen LogP contribution in [-0.2, 0) is 0 Å². The zero-order valence-corrected chi connectivity index (χ0v) is 12.6.